The summed E-state index contributed by atoms with van der Waals surface area (Å²) in [4.78, 5) is 0. The van der Waals surface area contributed by atoms with Crippen LogP contribution in [0.5, 0.6) is 11.5 Å². The van der Waals surface area contributed by atoms with Crippen LogP contribution in [0.1, 0.15) is 62.3 Å². The van der Waals surface area contributed by atoms with Crippen molar-refractivity contribution in [1.82, 2.24) is 0 Å². The van der Waals surface area contributed by atoms with Crippen molar-refractivity contribution in [2.24, 2.45) is 0 Å². The van der Waals surface area contributed by atoms with E-state index in [2.05, 4.69) is 19.9 Å². The molecule has 0 amide bonds. The number of benzene rings is 1. The monoisotopic (exact) mass is 306 g/mol. The van der Waals surface area contributed by atoms with Gasteiger partial charge in [0.15, 0.2) is 0 Å². The van der Waals surface area contributed by atoms with E-state index in [1.165, 1.54) is 5.57 Å². The summed E-state index contributed by atoms with van der Waals surface area (Å²) in [6.07, 6.45) is 4.74. The number of phenols is 2. The Hall–Kier alpha value is -1.48. The number of aliphatic hydroxyl groups is 1. The van der Waals surface area contributed by atoms with Crippen LogP contribution in [-0.2, 0) is 6.42 Å². The molecular weight excluding hydrogens is 276 g/mol. The van der Waals surface area contributed by atoms with Gasteiger partial charge in [-0.05, 0) is 77.0 Å². The molecule has 1 aromatic rings. The van der Waals surface area contributed by atoms with Crippen molar-refractivity contribution in [3.8, 4) is 11.5 Å². The highest BCUT2D eigenvalue weighted by Crippen LogP contribution is 2.37. The van der Waals surface area contributed by atoms with Crippen LogP contribution in [0.3, 0.4) is 0 Å². The Balaban J connectivity index is 2.93. The number of hydrogen-bond donors (Lipinski definition) is 3. The number of allylic oxidation sites excluding steroid dienone is 1. The molecule has 0 radical (unpaired) electrons. The fourth-order valence-electron chi connectivity index (χ4n) is 2.52. The van der Waals surface area contributed by atoms with Crippen LogP contribution in [0.25, 0.3) is 0 Å². The summed E-state index contributed by atoms with van der Waals surface area (Å²) in [5, 5.41) is 31.0. The average Bonchev–Trinajstić information content (AvgIpc) is 2.48. The molecule has 1 rings (SSSR count). The van der Waals surface area contributed by atoms with E-state index in [0.717, 1.165) is 12.0 Å². The highest BCUT2D eigenvalue weighted by Gasteiger charge is 2.22. The Morgan fingerprint density at radius 2 is 1.59 bits per heavy atom. The van der Waals surface area contributed by atoms with Gasteiger partial charge >= 0.3 is 0 Å². The van der Waals surface area contributed by atoms with Gasteiger partial charge in [-0.3, -0.25) is 0 Å². The van der Waals surface area contributed by atoms with Crippen molar-refractivity contribution < 1.29 is 15.3 Å². The van der Waals surface area contributed by atoms with Crippen molar-refractivity contribution in [3.05, 3.63) is 33.9 Å². The summed E-state index contributed by atoms with van der Waals surface area (Å²) in [5.41, 5.74) is 3.31. The maximum atomic E-state index is 10.5. The fraction of sp³-hybridized carbons (Fsp3) is 0.579. The van der Waals surface area contributed by atoms with Crippen LogP contribution in [0.4, 0.5) is 0 Å². The molecule has 0 saturated heterocycles. The molecule has 0 aliphatic carbocycles. The van der Waals surface area contributed by atoms with Gasteiger partial charge in [0.1, 0.15) is 11.5 Å². The molecular formula is C19H30O3. The van der Waals surface area contributed by atoms with Gasteiger partial charge in [0.2, 0.25) is 0 Å². The molecule has 0 aliphatic rings. The van der Waals surface area contributed by atoms with Gasteiger partial charge in [-0.15, -0.1) is 0 Å². The second-order valence-corrected chi connectivity index (χ2v) is 6.66. The highest BCUT2D eigenvalue weighted by atomic mass is 16.3. The van der Waals surface area contributed by atoms with Crippen LogP contribution < -0.4 is 0 Å². The molecule has 0 aliphatic heterocycles. The third kappa shape index (κ3) is 4.26. The van der Waals surface area contributed by atoms with Gasteiger partial charge in [-0.2, -0.15) is 0 Å². The SMILES string of the molecule is CC/C(C)=C/CC(C)(O)CCc1c(C)c(O)c(C)c(C)c1O. The summed E-state index contributed by atoms with van der Waals surface area (Å²) in [5.74, 6) is 0.482. The standard InChI is InChI=1S/C19H30O3/c1-7-12(2)8-10-19(6,22)11-9-16-15(5)17(20)13(3)14(4)18(16)21/h8,20-22H,7,9-11H2,1-6H3/b12-8+. The van der Waals surface area contributed by atoms with Crippen molar-refractivity contribution in [2.45, 2.75) is 72.8 Å². The summed E-state index contributed by atoms with van der Waals surface area (Å²) in [7, 11) is 0. The Bertz CT molecular complexity index is 540. The van der Waals surface area contributed by atoms with Crippen LogP contribution in [0, 0.1) is 20.8 Å². The molecule has 22 heavy (non-hydrogen) atoms. The van der Waals surface area contributed by atoms with E-state index in [1.807, 2.05) is 13.8 Å². The number of hydrogen-bond acceptors (Lipinski definition) is 3. The molecule has 0 aromatic heterocycles. The molecule has 3 heteroatoms. The molecule has 0 fully saturated rings. The molecule has 0 heterocycles. The zero-order valence-electron chi connectivity index (χ0n) is 14.7. The smallest absolute Gasteiger partial charge is 0.122 e. The second-order valence-electron chi connectivity index (χ2n) is 6.66. The summed E-state index contributed by atoms with van der Waals surface area (Å²) < 4.78 is 0. The van der Waals surface area contributed by atoms with Gasteiger partial charge < -0.3 is 15.3 Å². The largest absolute Gasteiger partial charge is 0.507 e. The summed E-state index contributed by atoms with van der Waals surface area (Å²) in [6, 6.07) is 0. The zero-order valence-corrected chi connectivity index (χ0v) is 14.7. The van der Waals surface area contributed by atoms with E-state index < -0.39 is 5.60 Å². The predicted molar refractivity (Wildman–Crippen MR) is 91.6 cm³/mol. The van der Waals surface area contributed by atoms with Crippen LogP contribution >= 0.6 is 0 Å². The first-order chi connectivity index (χ1) is 10.1. The van der Waals surface area contributed by atoms with Crippen molar-refractivity contribution in [3.63, 3.8) is 0 Å². The first kappa shape index (κ1) is 18.6. The Morgan fingerprint density at radius 3 is 2.14 bits per heavy atom. The minimum atomic E-state index is -0.816. The molecule has 1 aromatic carbocycles. The lowest BCUT2D eigenvalue weighted by molar-refractivity contribution is 0.0539. The Morgan fingerprint density at radius 1 is 1.05 bits per heavy atom. The van der Waals surface area contributed by atoms with Crippen molar-refractivity contribution in [2.75, 3.05) is 0 Å². The minimum Gasteiger partial charge on any atom is -0.507 e. The normalized spacial score (nSPS) is 15.0. The molecule has 0 bridgehead atoms. The molecule has 3 N–H and O–H groups in total. The van der Waals surface area contributed by atoms with Crippen molar-refractivity contribution >= 4 is 0 Å². The van der Waals surface area contributed by atoms with E-state index in [-0.39, 0.29) is 11.5 Å². The molecule has 0 saturated carbocycles. The van der Waals surface area contributed by atoms with Crippen molar-refractivity contribution in [1.29, 1.82) is 0 Å². The molecule has 1 atom stereocenters. The maximum Gasteiger partial charge on any atom is 0.122 e. The molecule has 0 spiro atoms. The van der Waals surface area contributed by atoms with Crippen LogP contribution in [0.2, 0.25) is 0 Å². The Labute approximate surface area is 134 Å². The van der Waals surface area contributed by atoms with E-state index >= 15 is 0 Å². The average molecular weight is 306 g/mol. The van der Waals surface area contributed by atoms with E-state index in [4.69, 9.17) is 0 Å². The molecule has 1 unspecified atom stereocenters. The first-order valence-electron chi connectivity index (χ1n) is 7.99. The van der Waals surface area contributed by atoms with Crippen LogP contribution in [-0.4, -0.2) is 20.9 Å². The first-order valence-corrected chi connectivity index (χ1v) is 7.99. The van der Waals surface area contributed by atoms with E-state index in [1.54, 1.807) is 13.8 Å². The summed E-state index contributed by atoms with van der Waals surface area (Å²) >= 11 is 0. The quantitative estimate of drug-likeness (QED) is 0.537. The van der Waals surface area contributed by atoms with Gasteiger partial charge in [-0.1, -0.05) is 18.6 Å². The second kappa shape index (κ2) is 7.19. The van der Waals surface area contributed by atoms with E-state index in [9.17, 15) is 15.3 Å². The maximum absolute atomic E-state index is 10.5. The van der Waals surface area contributed by atoms with Gasteiger partial charge in [-0.25, -0.2) is 0 Å². The lowest BCUT2D eigenvalue weighted by Crippen LogP contribution is -2.24. The zero-order chi connectivity index (χ0) is 17.1. The lowest BCUT2D eigenvalue weighted by atomic mass is 9.89. The third-order valence-corrected chi connectivity index (χ3v) is 4.73. The topological polar surface area (TPSA) is 60.7 Å². The van der Waals surface area contributed by atoms with E-state index in [0.29, 0.717) is 36.0 Å². The summed E-state index contributed by atoms with van der Waals surface area (Å²) in [6.45, 7) is 11.4. The highest BCUT2D eigenvalue weighted by molar-refractivity contribution is 5.56. The van der Waals surface area contributed by atoms with Gasteiger partial charge in [0, 0.05) is 5.56 Å². The fourth-order valence-corrected chi connectivity index (χ4v) is 2.52. The minimum absolute atomic E-state index is 0.240. The lowest BCUT2D eigenvalue weighted by Gasteiger charge is -2.24. The Kier molecular flexibility index (Phi) is 6.07. The number of rotatable bonds is 6. The number of aromatic hydroxyl groups is 2. The molecule has 124 valence electrons. The molecule has 3 nitrogen and oxygen atoms in total. The third-order valence-electron chi connectivity index (χ3n) is 4.73. The number of phenolic OH excluding ortho intramolecular Hbond substituents is 2. The van der Waals surface area contributed by atoms with Gasteiger partial charge in [0.25, 0.3) is 0 Å². The predicted octanol–water partition coefficient (Wildman–Crippen LogP) is 4.45. The van der Waals surface area contributed by atoms with Gasteiger partial charge in [0.05, 0.1) is 5.60 Å². The van der Waals surface area contributed by atoms with Crippen LogP contribution in [0.15, 0.2) is 11.6 Å².